The van der Waals surface area contributed by atoms with E-state index in [1.54, 1.807) is 6.20 Å². The number of nitrogens with zero attached hydrogens (tertiary/aromatic N) is 2. The van der Waals surface area contributed by atoms with Crippen LogP contribution in [-0.4, -0.2) is 9.97 Å². The Morgan fingerprint density at radius 1 is 1.75 bits per heavy atom. The van der Waals surface area contributed by atoms with Gasteiger partial charge in [0.15, 0.2) is 6.33 Å². The number of aromatic nitrogens is 2. The van der Waals surface area contributed by atoms with Crippen molar-refractivity contribution in [3.8, 4) is 0 Å². The molecule has 1 aromatic heterocycles. The molecule has 0 saturated carbocycles. The maximum Gasteiger partial charge on any atom is 0.199 e. The van der Waals surface area contributed by atoms with Crippen molar-refractivity contribution in [3.05, 3.63) is 18.1 Å². The Morgan fingerprint density at radius 2 is 2.50 bits per heavy atom. The zero-order chi connectivity index (χ0) is 5.98. The van der Waals surface area contributed by atoms with Gasteiger partial charge in [-0.2, -0.15) is 0 Å². The maximum absolute atomic E-state index is 5.34. The molecule has 0 amide bonds. The van der Waals surface area contributed by atoms with E-state index in [-0.39, 0.29) is 0 Å². The Labute approximate surface area is 47.6 Å². The van der Waals surface area contributed by atoms with Gasteiger partial charge < -0.3 is 5.73 Å². The molecular formula is C5H6N3. The van der Waals surface area contributed by atoms with Crippen molar-refractivity contribution in [2.24, 2.45) is 0 Å². The molecule has 0 fully saturated rings. The Morgan fingerprint density at radius 3 is 2.88 bits per heavy atom. The predicted octanol–water partition coefficient (Wildman–Crippen LogP) is 0.167. The van der Waals surface area contributed by atoms with Crippen molar-refractivity contribution in [1.29, 1.82) is 0 Å². The Bertz CT molecular complexity index is 164. The van der Waals surface area contributed by atoms with E-state index in [9.17, 15) is 0 Å². The SMILES string of the molecule is Cc1cn[c]nc1N. The molecule has 0 saturated heterocycles. The van der Waals surface area contributed by atoms with Crippen LogP contribution in [-0.2, 0) is 0 Å². The molecule has 1 radical (unpaired) electrons. The van der Waals surface area contributed by atoms with E-state index in [1.165, 1.54) is 0 Å². The van der Waals surface area contributed by atoms with Gasteiger partial charge in [0, 0.05) is 11.8 Å². The lowest BCUT2D eigenvalue weighted by atomic mass is 10.4. The fraction of sp³-hybridized carbons (Fsp3) is 0.200. The molecule has 0 aromatic carbocycles. The van der Waals surface area contributed by atoms with Gasteiger partial charge in [-0.1, -0.05) is 0 Å². The first-order valence-corrected chi connectivity index (χ1v) is 2.26. The molecule has 0 aliphatic rings. The van der Waals surface area contributed by atoms with Gasteiger partial charge in [0.05, 0.1) is 0 Å². The van der Waals surface area contributed by atoms with Crippen LogP contribution in [0.25, 0.3) is 0 Å². The fourth-order valence-electron chi connectivity index (χ4n) is 0.363. The monoisotopic (exact) mass is 108 g/mol. The van der Waals surface area contributed by atoms with Crippen molar-refractivity contribution in [1.82, 2.24) is 9.97 Å². The number of hydrogen-bond acceptors (Lipinski definition) is 3. The normalized spacial score (nSPS) is 9.12. The lowest BCUT2D eigenvalue weighted by molar-refractivity contribution is 1.12. The van der Waals surface area contributed by atoms with E-state index >= 15 is 0 Å². The summed E-state index contributed by atoms with van der Waals surface area (Å²) in [7, 11) is 0. The minimum absolute atomic E-state index is 0.500. The smallest absolute Gasteiger partial charge is 0.199 e. The maximum atomic E-state index is 5.34. The van der Waals surface area contributed by atoms with Gasteiger partial charge in [-0.15, -0.1) is 0 Å². The van der Waals surface area contributed by atoms with Gasteiger partial charge in [-0.05, 0) is 6.92 Å². The summed E-state index contributed by atoms with van der Waals surface area (Å²) in [5.74, 6) is 0.500. The van der Waals surface area contributed by atoms with Gasteiger partial charge >= 0.3 is 0 Å². The number of hydrogen-bond donors (Lipinski definition) is 1. The van der Waals surface area contributed by atoms with Crippen LogP contribution in [0.4, 0.5) is 5.82 Å². The molecule has 0 aliphatic heterocycles. The average molecular weight is 108 g/mol. The number of anilines is 1. The standard InChI is InChI=1S/C5H6N3/c1-4-2-7-3-8-5(4)6/h2H,1H3,(H2,6,7,8). The lowest BCUT2D eigenvalue weighted by Gasteiger charge is -1.90. The first kappa shape index (κ1) is 5.03. The lowest BCUT2D eigenvalue weighted by Crippen LogP contribution is -1.93. The minimum Gasteiger partial charge on any atom is -0.383 e. The first-order chi connectivity index (χ1) is 3.80. The minimum atomic E-state index is 0.500. The highest BCUT2D eigenvalue weighted by Gasteiger charge is 1.88. The second-order valence-electron chi connectivity index (χ2n) is 1.54. The summed E-state index contributed by atoms with van der Waals surface area (Å²) in [6.45, 7) is 1.85. The summed E-state index contributed by atoms with van der Waals surface area (Å²) in [5, 5.41) is 0. The highest BCUT2D eigenvalue weighted by atomic mass is 14.9. The second kappa shape index (κ2) is 1.78. The van der Waals surface area contributed by atoms with Gasteiger partial charge in [-0.3, -0.25) is 0 Å². The molecule has 2 N–H and O–H groups in total. The van der Waals surface area contributed by atoms with Crippen LogP contribution in [0, 0.1) is 13.3 Å². The summed E-state index contributed by atoms with van der Waals surface area (Å²) in [6, 6.07) is 0. The van der Waals surface area contributed by atoms with Crippen LogP contribution in [0.1, 0.15) is 5.56 Å². The Kier molecular flexibility index (Phi) is 1.12. The van der Waals surface area contributed by atoms with Crippen LogP contribution in [0.15, 0.2) is 6.20 Å². The van der Waals surface area contributed by atoms with Crippen LogP contribution in [0.3, 0.4) is 0 Å². The van der Waals surface area contributed by atoms with Crippen molar-refractivity contribution < 1.29 is 0 Å². The van der Waals surface area contributed by atoms with Crippen molar-refractivity contribution >= 4 is 5.82 Å². The van der Waals surface area contributed by atoms with E-state index < -0.39 is 0 Å². The zero-order valence-electron chi connectivity index (χ0n) is 4.55. The van der Waals surface area contributed by atoms with Crippen molar-refractivity contribution in [2.45, 2.75) is 6.92 Å². The number of rotatable bonds is 0. The summed E-state index contributed by atoms with van der Waals surface area (Å²) in [6.07, 6.45) is 4.00. The fourth-order valence-corrected chi connectivity index (χ4v) is 0.363. The molecule has 0 aliphatic carbocycles. The van der Waals surface area contributed by atoms with Crippen LogP contribution < -0.4 is 5.73 Å². The molecule has 1 rings (SSSR count). The summed E-state index contributed by atoms with van der Waals surface area (Å²) >= 11 is 0. The summed E-state index contributed by atoms with van der Waals surface area (Å²) in [4.78, 5) is 7.25. The summed E-state index contributed by atoms with van der Waals surface area (Å²) in [5.41, 5.74) is 6.23. The highest BCUT2D eigenvalue weighted by molar-refractivity contribution is 5.34. The van der Waals surface area contributed by atoms with Gasteiger partial charge in [0.25, 0.3) is 0 Å². The van der Waals surface area contributed by atoms with Crippen molar-refractivity contribution in [2.75, 3.05) is 5.73 Å². The van der Waals surface area contributed by atoms with Crippen LogP contribution >= 0.6 is 0 Å². The largest absolute Gasteiger partial charge is 0.383 e. The molecule has 0 unspecified atom stereocenters. The van der Waals surface area contributed by atoms with E-state index in [1.807, 2.05) is 6.92 Å². The molecule has 3 heteroatoms. The van der Waals surface area contributed by atoms with E-state index in [0.717, 1.165) is 5.56 Å². The zero-order valence-corrected chi connectivity index (χ0v) is 4.55. The molecule has 3 nitrogen and oxygen atoms in total. The van der Waals surface area contributed by atoms with Crippen molar-refractivity contribution in [3.63, 3.8) is 0 Å². The van der Waals surface area contributed by atoms with Crippen LogP contribution in [0.2, 0.25) is 0 Å². The quantitative estimate of drug-likeness (QED) is 0.515. The Balaban J connectivity index is 3.13. The topological polar surface area (TPSA) is 51.8 Å². The van der Waals surface area contributed by atoms with Gasteiger partial charge in [-0.25, -0.2) is 9.97 Å². The number of nitrogens with two attached hydrogens (primary N) is 1. The molecule has 0 spiro atoms. The average Bonchev–Trinajstić information content (AvgIpc) is 1.77. The molecule has 1 heterocycles. The van der Waals surface area contributed by atoms with E-state index in [0.29, 0.717) is 5.82 Å². The third kappa shape index (κ3) is 0.753. The number of nitrogen functional groups attached to an aromatic ring is 1. The van der Waals surface area contributed by atoms with E-state index in [2.05, 4.69) is 16.3 Å². The molecule has 41 valence electrons. The highest BCUT2D eigenvalue weighted by Crippen LogP contribution is 1.99. The summed E-state index contributed by atoms with van der Waals surface area (Å²) < 4.78 is 0. The molecule has 0 bridgehead atoms. The molecular weight excluding hydrogens is 102 g/mol. The molecule has 8 heavy (non-hydrogen) atoms. The molecule has 1 aromatic rings. The van der Waals surface area contributed by atoms with Crippen LogP contribution in [0.5, 0.6) is 0 Å². The third-order valence-corrected chi connectivity index (χ3v) is 0.890. The second-order valence-corrected chi connectivity index (χ2v) is 1.54. The van der Waals surface area contributed by atoms with Gasteiger partial charge in [0.2, 0.25) is 0 Å². The number of aryl methyl sites for hydroxylation is 1. The van der Waals surface area contributed by atoms with E-state index in [4.69, 9.17) is 5.73 Å². The third-order valence-electron chi connectivity index (χ3n) is 0.890. The Hall–Kier alpha value is -1.12. The predicted molar refractivity (Wildman–Crippen MR) is 30.0 cm³/mol. The molecule has 0 atom stereocenters. The van der Waals surface area contributed by atoms with Gasteiger partial charge in [0.1, 0.15) is 5.82 Å². The first-order valence-electron chi connectivity index (χ1n) is 2.26.